The molecule has 0 aromatic carbocycles. The molecule has 0 bridgehead atoms. The van der Waals surface area contributed by atoms with E-state index < -0.39 is 16.0 Å². The second kappa shape index (κ2) is 6.72. The Bertz CT molecular complexity index is 731. The summed E-state index contributed by atoms with van der Waals surface area (Å²) in [5, 5.41) is 21.3. The fourth-order valence-electron chi connectivity index (χ4n) is 1.78. The molecule has 0 aliphatic heterocycles. The average Bonchev–Trinajstić information content (AvgIpc) is 3.06. The van der Waals surface area contributed by atoms with Crippen molar-refractivity contribution in [2.75, 3.05) is 0 Å². The maximum absolute atomic E-state index is 11.5. The van der Waals surface area contributed by atoms with Crippen LogP contribution < -0.4 is 0 Å². The van der Waals surface area contributed by atoms with Crippen molar-refractivity contribution in [1.29, 1.82) is 0 Å². The van der Waals surface area contributed by atoms with E-state index >= 15 is 0 Å². The molecule has 0 fully saturated rings. The van der Waals surface area contributed by atoms with Gasteiger partial charge in [0.15, 0.2) is 24.6 Å². The summed E-state index contributed by atoms with van der Waals surface area (Å²) in [5.41, 5.74) is 0.602. The lowest BCUT2D eigenvalue weighted by Gasteiger charge is -2.05. The highest BCUT2D eigenvalue weighted by atomic mass is 16.7. The SMILES string of the molecule is Cn1c(COC(=O)OCc2cnc([N+](=O)[O-])n2C)cnc1[N+](=O)[O-]. The van der Waals surface area contributed by atoms with E-state index in [1.807, 2.05) is 0 Å². The smallest absolute Gasteiger partial charge is 0.426 e. The molecule has 24 heavy (non-hydrogen) atoms. The summed E-state index contributed by atoms with van der Waals surface area (Å²) in [4.78, 5) is 38.6. The molecule has 2 aromatic heterocycles. The molecule has 0 aliphatic carbocycles. The van der Waals surface area contributed by atoms with Crippen LogP contribution >= 0.6 is 0 Å². The molecule has 0 saturated heterocycles. The molecule has 0 N–H and O–H groups in total. The normalized spacial score (nSPS) is 10.4. The monoisotopic (exact) mass is 340 g/mol. The van der Waals surface area contributed by atoms with Crippen LogP contribution in [0.4, 0.5) is 16.7 Å². The number of imidazole rings is 2. The molecule has 0 spiro atoms. The van der Waals surface area contributed by atoms with E-state index in [4.69, 9.17) is 9.47 Å². The van der Waals surface area contributed by atoms with Crippen LogP contribution in [0, 0.1) is 20.2 Å². The van der Waals surface area contributed by atoms with Crippen molar-refractivity contribution in [3.63, 3.8) is 0 Å². The van der Waals surface area contributed by atoms with Crippen molar-refractivity contribution in [3.05, 3.63) is 44.0 Å². The van der Waals surface area contributed by atoms with Crippen molar-refractivity contribution in [1.82, 2.24) is 19.1 Å². The van der Waals surface area contributed by atoms with E-state index in [9.17, 15) is 25.0 Å². The van der Waals surface area contributed by atoms with Crippen LogP contribution in [-0.4, -0.2) is 35.1 Å². The van der Waals surface area contributed by atoms with Gasteiger partial charge in [0, 0.05) is 0 Å². The minimum Gasteiger partial charge on any atom is -0.426 e. The lowest BCUT2D eigenvalue weighted by atomic mass is 10.5. The molecule has 0 radical (unpaired) electrons. The van der Waals surface area contributed by atoms with E-state index in [0.717, 1.165) is 9.13 Å². The molecule has 13 heteroatoms. The van der Waals surface area contributed by atoms with Crippen LogP contribution in [0.2, 0.25) is 0 Å². The number of aromatic nitrogens is 4. The summed E-state index contributed by atoms with van der Waals surface area (Å²) >= 11 is 0. The molecule has 0 saturated carbocycles. The zero-order valence-electron chi connectivity index (χ0n) is 12.6. The first kappa shape index (κ1) is 16.9. The number of hydrogen-bond acceptors (Lipinski definition) is 9. The topological polar surface area (TPSA) is 157 Å². The molecular formula is C11H12N6O7. The van der Waals surface area contributed by atoms with Gasteiger partial charge in [0.05, 0.1) is 14.1 Å². The first-order chi connectivity index (χ1) is 11.3. The molecule has 2 aromatic rings. The molecule has 0 aliphatic rings. The summed E-state index contributed by atoms with van der Waals surface area (Å²) in [6.07, 6.45) is 1.37. The molecule has 128 valence electrons. The van der Waals surface area contributed by atoms with E-state index in [1.54, 1.807) is 0 Å². The van der Waals surface area contributed by atoms with Crippen LogP contribution in [0.5, 0.6) is 0 Å². The molecule has 0 unspecified atom stereocenters. The number of hydrogen-bond donors (Lipinski definition) is 0. The van der Waals surface area contributed by atoms with Gasteiger partial charge in [-0.25, -0.2) is 13.9 Å². The lowest BCUT2D eigenvalue weighted by molar-refractivity contribution is -0.396. The fraction of sp³-hybridized carbons (Fsp3) is 0.364. The van der Waals surface area contributed by atoms with Crippen molar-refractivity contribution < 1.29 is 24.1 Å². The Morgan fingerprint density at radius 2 is 1.38 bits per heavy atom. The maximum Gasteiger partial charge on any atom is 0.509 e. The van der Waals surface area contributed by atoms with E-state index in [0.29, 0.717) is 11.4 Å². The largest absolute Gasteiger partial charge is 0.509 e. The molecule has 0 amide bonds. The van der Waals surface area contributed by atoms with Crippen LogP contribution in [-0.2, 0) is 36.8 Å². The van der Waals surface area contributed by atoms with Gasteiger partial charge in [-0.15, -0.1) is 0 Å². The van der Waals surface area contributed by atoms with Gasteiger partial charge in [-0.05, 0) is 9.85 Å². The zero-order valence-corrected chi connectivity index (χ0v) is 12.6. The number of ether oxygens (including phenoxy) is 2. The average molecular weight is 340 g/mol. The van der Waals surface area contributed by atoms with Gasteiger partial charge < -0.3 is 29.7 Å². The Kier molecular flexibility index (Phi) is 4.72. The number of rotatable bonds is 6. The third-order valence-corrected chi connectivity index (χ3v) is 3.12. The lowest BCUT2D eigenvalue weighted by Crippen LogP contribution is -2.11. The summed E-state index contributed by atoms with van der Waals surface area (Å²) in [6, 6.07) is 0. The first-order valence-corrected chi connectivity index (χ1v) is 6.40. The highest BCUT2D eigenvalue weighted by Crippen LogP contribution is 2.13. The van der Waals surface area contributed by atoms with Crippen molar-refractivity contribution in [2.24, 2.45) is 14.1 Å². The molecule has 0 atom stereocenters. The third-order valence-electron chi connectivity index (χ3n) is 3.12. The Morgan fingerprint density at radius 1 is 1.00 bits per heavy atom. The van der Waals surface area contributed by atoms with Crippen molar-refractivity contribution in [3.8, 4) is 0 Å². The number of carbonyl (C=O) groups is 1. The van der Waals surface area contributed by atoms with Gasteiger partial charge in [-0.3, -0.25) is 0 Å². The number of carbonyl (C=O) groups excluding carboxylic acids is 1. The number of nitrogens with zero attached hydrogens (tertiary/aromatic N) is 6. The number of nitro groups is 2. The zero-order chi connectivity index (χ0) is 17.9. The van der Waals surface area contributed by atoms with Crippen LogP contribution in [0.1, 0.15) is 11.4 Å². The fourth-order valence-corrected chi connectivity index (χ4v) is 1.78. The predicted molar refractivity (Wildman–Crippen MR) is 74.7 cm³/mol. The standard InChI is InChI=1S/C11H12N6O7/c1-14-7(3-12-9(14)16(19)20)5-23-11(18)24-6-8-4-13-10(15(8)2)17(21)22/h3-4H,5-6H2,1-2H3. The van der Waals surface area contributed by atoms with Gasteiger partial charge in [-0.1, -0.05) is 9.97 Å². The van der Waals surface area contributed by atoms with E-state index in [-0.39, 0.29) is 25.1 Å². The van der Waals surface area contributed by atoms with Crippen molar-refractivity contribution in [2.45, 2.75) is 13.2 Å². The molecule has 2 heterocycles. The second-order valence-corrected chi connectivity index (χ2v) is 4.56. The van der Waals surface area contributed by atoms with Gasteiger partial charge in [0.1, 0.15) is 12.4 Å². The Hall–Kier alpha value is -3.51. The van der Waals surface area contributed by atoms with Crippen LogP contribution in [0.15, 0.2) is 12.4 Å². The summed E-state index contributed by atoms with van der Waals surface area (Å²) in [6.45, 7) is -0.552. The first-order valence-electron chi connectivity index (χ1n) is 6.40. The van der Waals surface area contributed by atoms with Gasteiger partial charge >= 0.3 is 18.1 Å². The Balaban J connectivity index is 1.88. The molecular weight excluding hydrogens is 328 g/mol. The van der Waals surface area contributed by atoms with E-state index in [2.05, 4.69) is 9.97 Å². The van der Waals surface area contributed by atoms with Gasteiger partial charge in [-0.2, -0.15) is 0 Å². The van der Waals surface area contributed by atoms with Crippen LogP contribution in [0.25, 0.3) is 0 Å². The Labute approximate surface area is 133 Å². The molecule has 2 rings (SSSR count). The van der Waals surface area contributed by atoms with Gasteiger partial charge in [0.25, 0.3) is 0 Å². The van der Waals surface area contributed by atoms with E-state index in [1.165, 1.54) is 26.5 Å². The van der Waals surface area contributed by atoms with Gasteiger partial charge in [0.2, 0.25) is 0 Å². The van der Waals surface area contributed by atoms with Crippen LogP contribution in [0.3, 0.4) is 0 Å². The third kappa shape index (κ3) is 3.45. The second-order valence-electron chi connectivity index (χ2n) is 4.56. The highest BCUT2D eigenvalue weighted by Gasteiger charge is 2.20. The van der Waals surface area contributed by atoms with Crippen molar-refractivity contribution >= 4 is 18.1 Å². The summed E-state index contributed by atoms with van der Waals surface area (Å²) in [7, 11) is 2.81. The molecule has 13 nitrogen and oxygen atoms in total. The maximum atomic E-state index is 11.5. The highest BCUT2D eigenvalue weighted by molar-refractivity contribution is 5.59. The Morgan fingerprint density at radius 3 is 1.67 bits per heavy atom. The summed E-state index contributed by atoms with van der Waals surface area (Å²) in [5.74, 6) is -0.770. The minimum absolute atomic E-state index is 0.276. The minimum atomic E-state index is -1.04. The predicted octanol–water partition coefficient (Wildman–Crippen LogP) is 0.823. The summed E-state index contributed by atoms with van der Waals surface area (Å²) < 4.78 is 11.9. The quantitative estimate of drug-likeness (QED) is 0.421.